The first-order valence-corrected chi connectivity index (χ1v) is 6.31. The van der Waals surface area contributed by atoms with Gasteiger partial charge in [-0.3, -0.25) is 0 Å². The van der Waals surface area contributed by atoms with Gasteiger partial charge in [-0.25, -0.2) is 0 Å². The van der Waals surface area contributed by atoms with E-state index in [1.165, 1.54) is 24.8 Å². The highest BCUT2D eigenvalue weighted by Crippen LogP contribution is 2.27. The summed E-state index contributed by atoms with van der Waals surface area (Å²) in [6, 6.07) is 11.1. The summed E-state index contributed by atoms with van der Waals surface area (Å²) in [4.78, 5) is 0. The fraction of sp³-hybridized carbons (Fsp3) is 0.571. The Kier molecular flexibility index (Phi) is 4.37. The number of aliphatic hydroxyl groups is 1. The Bertz CT molecular complexity index is 293. The van der Waals surface area contributed by atoms with Gasteiger partial charge in [-0.05, 0) is 31.4 Å². The molecule has 16 heavy (non-hydrogen) atoms. The maximum atomic E-state index is 9.20. The molecule has 2 nitrogen and oxygen atoms in total. The molecule has 1 aliphatic rings. The molecule has 0 radical (unpaired) electrons. The van der Waals surface area contributed by atoms with Gasteiger partial charge in [0.1, 0.15) is 0 Å². The molecule has 0 spiro atoms. The largest absolute Gasteiger partial charge is 0.396 e. The van der Waals surface area contributed by atoms with E-state index >= 15 is 0 Å². The van der Waals surface area contributed by atoms with Gasteiger partial charge in [-0.2, -0.15) is 0 Å². The molecule has 1 aromatic carbocycles. The zero-order valence-electron chi connectivity index (χ0n) is 9.73. The Morgan fingerprint density at radius 1 is 1.25 bits per heavy atom. The van der Waals surface area contributed by atoms with E-state index < -0.39 is 0 Å². The summed E-state index contributed by atoms with van der Waals surface area (Å²) in [6.45, 7) is 1.40. The number of hydrogen-bond donors (Lipinski definition) is 2. The molecule has 0 saturated carbocycles. The van der Waals surface area contributed by atoms with E-state index in [9.17, 15) is 5.11 Å². The number of hydrogen-bond acceptors (Lipinski definition) is 2. The molecule has 1 saturated heterocycles. The highest BCUT2D eigenvalue weighted by atomic mass is 16.3. The molecule has 88 valence electrons. The maximum absolute atomic E-state index is 9.20. The number of piperidine rings is 1. The van der Waals surface area contributed by atoms with Crippen molar-refractivity contribution in [3.8, 4) is 0 Å². The molecule has 0 unspecified atom stereocenters. The highest BCUT2D eigenvalue weighted by Gasteiger charge is 2.23. The molecule has 2 rings (SSSR count). The fourth-order valence-corrected chi connectivity index (χ4v) is 2.66. The lowest BCUT2D eigenvalue weighted by molar-refractivity contribution is 0.247. The second kappa shape index (κ2) is 6.02. The van der Waals surface area contributed by atoms with Gasteiger partial charge >= 0.3 is 0 Å². The molecule has 1 aliphatic heterocycles. The smallest absolute Gasteiger partial charge is 0.0437 e. The van der Waals surface area contributed by atoms with Crippen LogP contribution in [0.1, 0.15) is 37.2 Å². The molecular weight excluding hydrogens is 198 g/mol. The van der Waals surface area contributed by atoms with Crippen molar-refractivity contribution in [2.45, 2.75) is 37.6 Å². The van der Waals surface area contributed by atoms with E-state index in [0.29, 0.717) is 12.0 Å². The van der Waals surface area contributed by atoms with Crippen LogP contribution in [0.25, 0.3) is 0 Å². The second-order valence-corrected chi connectivity index (χ2v) is 4.59. The predicted octanol–water partition coefficient (Wildman–Crippen LogP) is 2.29. The quantitative estimate of drug-likeness (QED) is 0.814. The summed E-state index contributed by atoms with van der Waals surface area (Å²) in [5, 5.41) is 12.8. The lowest BCUT2D eigenvalue weighted by Gasteiger charge is -2.31. The van der Waals surface area contributed by atoms with Crippen LogP contribution in [-0.4, -0.2) is 24.3 Å². The molecular formula is C14H21NO. The molecule has 2 atom stereocenters. The van der Waals surface area contributed by atoms with Crippen LogP contribution in [0, 0.1) is 0 Å². The van der Waals surface area contributed by atoms with Crippen LogP contribution < -0.4 is 5.32 Å². The SMILES string of the molecule is OCC[C@@H](c1ccccc1)[C@H]1CCCCN1. The first-order valence-electron chi connectivity index (χ1n) is 6.31. The van der Waals surface area contributed by atoms with Gasteiger partial charge in [0.05, 0.1) is 0 Å². The van der Waals surface area contributed by atoms with E-state index in [4.69, 9.17) is 0 Å². The molecule has 0 bridgehead atoms. The third-order valence-electron chi connectivity index (χ3n) is 3.50. The van der Waals surface area contributed by atoms with E-state index in [1.54, 1.807) is 0 Å². The van der Waals surface area contributed by atoms with Gasteiger partial charge in [-0.15, -0.1) is 0 Å². The minimum atomic E-state index is 0.276. The second-order valence-electron chi connectivity index (χ2n) is 4.59. The van der Waals surface area contributed by atoms with Gasteiger partial charge < -0.3 is 10.4 Å². The summed E-state index contributed by atoms with van der Waals surface area (Å²) in [6.07, 6.45) is 4.70. The lowest BCUT2D eigenvalue weighted by atomic mass is 9.84. The topological polar surface area (TPSA) is 32.3 Å². The van der Waals surface area contributed by atoms with Crippen LogP contribution in [0.3, 0.4) is 0 Å². The van der Waals surface area contributed by atoms with Gasteiger partial charge in [0, 0.05) is 18.6 Å². The Labute approximate surface area is 97.7 Å². The van der Waals surface area contributed by atoms with Crippen LogP contribution in [0.2, 0.25) is 0 Å². The molecule has 1 fully saturated rings. The molecule has 2 N–H and O–H groups in total. The Morgan fingerprint density at radius 2 is 2.06 bits per heavy atom. The monoisotopic (exact) mass is 219 g/mol. The third-order valence-corrected chi connectivity index (χ3v) is 3.50. The molecule has 0 amide bonds. The minimum Gasteiger partial charge on any atom is -0.396 e. The van der Waals surface area contributed by atoms with Crippen molar-refractivity contribution in [1.29, 1.82) is 0 Å². The van der Waals surface area contributed by atoms with Crippen LogP contribution >= 0.6 is 0 Å². The van der Waals surface area contributed by atoms with E-state index in [2.05, 4.69) is 29.6 Å². The number of aliphatic hydroxyl groups excluding tert-OH is 1. The normalized spacial score (nSPS) is 22.9. The molecule has 0 aliphatic carbocycles. The van der Waals surface area contributed by atoms with Crippen molar-refractivity contribution >= 4 is 0 Å². The van der Waals surface area contributed by atoms with Crippen molar-refractivity contribution in [3.05, 3.63) is 35.9 Å². The van der Waals surface area contributed by atoms with Gasteiger partial charge in [0.25, 0.3) is 0 Å². The van der Waals surface area contributed by atoms with Crippen molar-refractivity contribution in [3.63, 3.8) is 0 Å². The van der Waals surface area contributed by atoms with Gasteiger partial charge in [0.2, 0.25) is 0 Å². The summed E-state index contributed by atoms with van der Waals surface area (Å²) in [5.41, 5.74) is 1.36. The third kappa shape index (κ3) is 2.83. The average molecular weight is 219 g/mol. The van der Waals surface area contributed by atoms with Crippen LogP contribution in [0.4, 0.5) is 0 Å². The predicted molar refractivity (Wildman–Crippen MR) is 66.5 cm³/mol. The first kappa shape index (κ1) is 11.6. The first-order chi connectivity index (χ1) is 7.92. The summed E-state index contributed by atoms with van der Waals surface area (Å²) in [5.74, 6) is 0.464. The van der Waals surface area contributed by atoms with Crippen molar-refractivity contribution in [1.82, 2.24) is 5.32 Å². The summed E-state index contributed by atoms with van der Waals surface area (Å²) < 4.78 is 0. The van der Waals surface area contributed by atoms with Crippen LogP contribution in [-0.2, 0) is 0 Å². The van der Waals surface area contributed by atoms with Gasteiger partial charge in [-0.1, -0.05) is 36.8 Å². The Morgan fingerprint density at radius 3 is 2.69 bits per heavy atom. The van der Waals surface area contributed by atoms with E-state index in [-0.39, 0.29) is 6.61 Å². The standard InChI is InChI=1S/C14H21NO/c16-11-9-13(12-6-2-1-3-7-12)14-8-4-5-10-15-14/h1-3,6-7,13-16H,4-5,8-11H2/t13-,14+/m0/s1. The van der Waals surface area contributed by atoms with Crippen molar-refractivity contribution in [2.75, 3.05) is 13.2 Å². The molecule has 1 heterocycles. The summed E-state index contributed by atoms with van der Waals surface area (Å²) >= 11 is 0. The molecule has 2 heteroatoms. The lowest BCUT2D eigenvalue weighted by Crippen LogP contribution is -2.39. The number of nitrogens with one attached hydrogen (secondary N) is 1. The Balaban J connectivity index is 2.09. The molecule has 0 aromatic heterocycles. The fourth-order valence-electron chi connectivity index (χ4n) is 2.66. The van der Waals surface area contributed by atoms with Crippen molar-refractivity contribution in [2.24, 2.45) is 0 Å². The summed E-state index contributed by atoms with van der Waals surface area (Å²) in [7, 11) is 0. The molecule has 1 aromatic rings. The van der Waals surface area contributed by atoms with Crippen molar-refractivity contribution < 1.29 is 5.11 Å². The number of benzene rings is 1. The van der Waals surface area contributed by atoms with E-state index in [1.807, 2.05) is 6.07 Å². The average Bonchev–Trinajstić information content (AvgIpc) is 2.38. The maximum Gasteiger partial charge on any atom is 0.0437 e. The zero-order chi connectivity index (χ0) is 11.2. The number of rotatable bonds is 4. The Hall–Kier alpha value is -0.860. The minimum absolute atomic E-state index is 0.276. The van der Waals surface area contributed by atoms with Gasteiger partial charge in [0.15, 0.2) is 0 Å². The highest BCUT2D eigenvalue weighted by molar-refractivity contribution is 5.21. The van der Waals surface area contributed by atoms with Crippen LogP contribution in [0.5, 0.6) is 0 Å². The zero-order valence-corrected chi connectivity index (χ0v) is 9.73. The van der Waals surface area contributed by atoms with Crippen LogP contribution in [0.15, 0.2) is 30.3 Å². The van der Waals surface area contributed by atoms with E-state index in [0.717, 1.165) is 13.0 Å².